The second-order valence-corrected chi connectivity index (χ2v) is 7.14. The molecule has 0 bridgehead atoms. The molecule has 116 valence electrons. The largest absolute Gasteiger partial charge is 0.449 e. The van der Waals surface area contributed by atoms with E-state index in [1.54, 1.807) is 31.2 Å². The van der Waals surface area contributed by atoms with Crippen LogP contribution in [0.1, 0.15) is 18.9 Å². The normalized spacial score (nSPS) is 20.2. The highest BCUT2D eigenvalue weighted by atomic mass is 32.2. The Labute approximate surface area is 124 Å². The summed E-state index contributed by atoms with van der Waals surface area (Å²) in [4.78, 5) is 13.6. The van der Waals surface area contributed by atoms with Gasteiger partial charge in [-0.3, -0.25) is 4.90 Å². The van der Waals surface area contributed by atoms with Gasteiger partial charge in [0, 0.05) is 5.56 Å². The molecule has 1 amide bonds. The zero-order valence-electron chi connectivity index (χ0n) is 11.9. The van der Waals surface area contributed by atoms with Crippen LogP contribution in [-0.4, -0.2) is 43.8 Å². The molecule has 0 spiro atoms. The van der Waals surface area contributed by atoms with Crippen LogP contribution in [0.3, 0.4) is 0 Å². The molecule has 1 aromatic rings. The minimum Gasteiger partial charge on any atom is -0.449 e. The molecule has 1 unspecified atom stereocenters. The molecule has 2 rings (SSSR count). The molecule has 1 aromatic carbocycles. The van der Waals surface area contributed by atoms with Crippen molar-refractivity contribution in [1.29, 1.82) is 0 Å². The Bertz CT molecular complexity index is 614. The Balaban J connectivity index is 2.39. The zero-order chi connectivity index (χ0) is 15.5. The minimum absolute atomic E-state index is 0.0643. The van der Waals surface area contributed by atoms with Gasteiger partial charge in [0.2, 0.25) is 0 Å². The lowest BCUT2D eigenvalue weighted by Gasteiger charge is -2.28. The summed E-state index contributed by atoms with van der Waals surface area (Å²) in [6.45, 7) is 1.67. The predicted molar refractivity (Wildman–Crippen MR) is 78.9 cm³/mol. The van der Waals surface area contributed by atoms with Gasteiger partial charge in [0.25, 0.3) is 0 Å². The van der Waals surface area contributed by atoms with Gasteiger partial charge in [-0.15, -0.1) is 0 Å². The van der Waals surface area contributed by atoms with E-state index in [0.29, 0.717) is 17.7 Å². The van der Waals surface area contributed by atoms with Crippen molar-refractivity contribution in [3.63, 3.8) is 0 Å². The standard InChI is InChI=1S/C14H19NO5S/c1-2-20-14(17)15(12-7-8-21(18,19)10-12)13-6-4-3-5-11(13)9-16/h3-6,12,16H,2,7-10H2,1H3. The second kappa shape index (κ2) is 6.44. The summed E-state index contributed by atoms with van der Waals surface area (Å²) in [6, 6.07) is 6.42. The van der Waals surface area contributed by atoms with E-state index in [2.05, 4.69) is 0 Å². The van der Waals surface area contributed by atoms with E-state index in [1.165, 1.54) is 4.90 Å². The lowest BCUT2D eigenvalue weighted by molar-refractivity contribution is 0.157. The Morgan fingerprint density at radius 2 is 2.14 bits per heavy atom. The summed E-state index contributed by atoms with van der Waals surface area (Å²) in [5, 5.41) is 9.43. The third kappa shape index (κ3) is 3.54. The SMILES string of the molecule is CCOC(=O)N(c1ccccc1CO)C1CCS(=O)(=O)C1. The smallest absolute Gasteiger partial charge is 0.414 e. The topological polar surface area (TPSA) is 83.9 Å². The van der Waals surface area contributed by atoms with Crippen molar-refractivity contribution in [2.75, 3.05) is 23.0 Å². The lowest BCUT2D eigenvalue weighted by Crippen LogP contribution is -2.42. The van der Waals surface area contributed by atoms with Crippen LogP contribution in [0, 0.1) is 0 Å². The summed E-state index contributed by atoms with van der Waals surface area (Å²) in [6.07, 6.45) is -0.207. The number of hydrogen-bond acceptors (Lipinski definition) is 5. The molecule has 0 aliphatic carbocycles. The van der Waals surface area contributed by atoms with E-state index < -0.39 is 22.0 Å². The summed E-state index contributed by atoms with van der Waals surface area (Å²) < 4.78 is 28.4. The van der Waals surface area contributed by atoms with Crippen LogP contribution in [0.15, 0.2) is 24.3 Å². The van der Waals surface area contributed by atoms with Crippen LogP contribution in [0.4, 0.5) is 10.5 Å². The fraction of sp³-hybridized carbons (Fsp3) is 0.500. The molecule has 0 aromatic heterocycles. The maximum atomic E-state index is 12.2. The lowest BCUT2D eigenvalue weighted by atomic mass is 10.1. The molecule has 21 heavy (non-hydrogen) atoms. The highest BCUT2D eigenvalue weighted by molar-refractivity contribution is 7.91. The summed E-state index contributed by atoms with van der Waals surface area (Å²) in [7, 11) is -3.13. The van der Waals surface area contributed by atoms with Crippen molar-refractivity contribution < 1.29 is 23.1 Å². The fourth-order valence-corrected chi connectivity index (χ4v) is 4.20. The van der Waals surface area contributed by atoms with Crippen LogP contribution < -0.4 is 4.90 Å². The van der Waals surface area contributed by atoms with Gasteiger partial charge in [-0.1, -0.05) is 18.2 Å². The van der Waals surface area contributed by atoms with Crippen molar-refractivity contribution in [3.8, 4) is 0 Å². The Hall–Kier alpha value is -1.60. The van der Waals surface area contributed by atoms with Gasteiger partial charge in [0.15, 0.2) is 9.84 Å². The summed E-state index contributed by atoms with van der Waals surface area (Å²) in [5.41, 5.74) is 1.07. The Morgan fingerprint density at radius 3 is 2.71 bits per heavy atom. The number of anilines is 1. The van der Waals surface area contributed by atoms with Gasteiger partial charge < -0.3 is 9.84 Å². The monoisotopic (exact) mass is 313 g/mol. The molecule has 1 aliphatic rings. The number of benzene rings is 1. The van der Waals surface area contributed by atoms with Crippen LogP contribution in [0.2, 0.25) is 0 Å². The van der Waals surface area contributed by atoms with E-state index in [4.69, 9.17) is 4.74 Å². The second-order valence-electron chi connectivity index (χ2n) is 4.91. The zero-order valence-corrected chi connectivity index (χ0v) is 12.7. The van der Waals surface area contributed by atoms with E-state index in [9.17, 15) is 18.3 Å². The molecule has 1 heterocycles. The highest BCUT2D eigenvalue weighted by Crippen LogP contribution is 2.28. The predicted octanol–water partition coefficient (Wildman–Crippen LogP) is 1.33. The first-order valence-corrected chi connectivity index (χ1v) is 8.66. The number of para-hydroxylation sites is 1. The number of sulfone groups is 1. The molecule has 1 saturated heterocycles. The maximum absolute atomic E-state index is 12.2. The third-order valence-electron chi connectivity index (χ3n) is 3.46. The number of hydrogen-bond donors (Lipinski definition) is 1. The summed E-state index contributed by atoms with van der Waals surface area (Å²) in [5.74, 6) is -0.0135. The van der Waals surface area contributed by atoms with Crippen molar-refractivity contribution >= 4 is 21.6 Å². The number of carbonyl (C=O) groups excluding carboxylic acids is 1. The first-order valence-electron chi connectivity index (χ1n) is 6.83. The van der Waals surface area contributed by atoms with Crippen molar-refractivity contribution in [1.82, 2.24) is 0 Å². The number of ether oxygens (including phenoxy) is 1. The van der Waals surface area contributed by atoms with E-state index in [0.717, 1.165) is 0 Å². The molecular weight excluding hydrogens is 294 g/mol. The minimum atomic E-state index is -3.13. The van der Waals surface area contributed by atoms with E-state index in [-0.39, 0.29) is 24.7 Å². The van der Waals surface area contributed by atoms with E-state index in [1.807, 2.05) is 0 Å². The van der Waals surface area contributed by atoms with Crippen LogP contribution in [0.5, 0.6) is 0 Å². The quantitative estimate of drug-likeness (QED) is 0.906. The molecule has 0 radical (unpaired) electrons. The number of rotatable bonds is 4. The fourth-order valence-electron chi connectivity index (χ4n) is 2.50. The molecule has 0 saturated carbocycles. The third-order valence-corrected chi connectivity index (χ3v) is 5.21. The van der Waals surface area contributed by atoms with Crippen molar-refractivity contribution in [2.24, 2.45) is 0 Å². The molecule has 1 fully saturated rings. The first-order chi connectivity index (χ1) is 9.98. The van der Waals surface area contributed by atoms with Crippen LogP contribution >= 0.6 is 0 Å². The van der Waals surface area contributed by atoms with Crippen molar-refractivity contribution in [2.45, 2.75) is 26.0 Å². The Morgan fingerprint density at radius 1 is 1.43 bits per heavy atom. The van der Waals surface area contributed by atoms with Gasteiger partial charge in [-0.25, -0.2) is 13.2 Å². The molecular formula is C14H19NO5S. The highest BCUT2D eigenvalue weighted by Gasteiger charge is 2.37. The molecule has 6 nitrogen and oxygen atoms in total. The average Bonchev–Trinajstić information content (AvgIpc) is 2.80. The number of aliphatic hydroxyl groups excluding tert-OH is 1. The van der Waals surface area contributed by atoms with Gasteiger partial charge in [0.05, 0.1) is 36.4 Å². The number of amides is 1. The van der Waals surface area contributed by atoms with Gasteiger partial charge in [-0.2, -0.15) is 0 Å². The number of nitrogens with zero attached hydrogens (tertiary/aromatic N) is 1. The van der Waals surface area contributed by atoms with Gasteiger partial charge in [0.1, 0.15) is 0 Å². The first kappa shape index (κ1) is 15.8. The van der Waals surface area contributed by atoms with E-state index >= 15 is 0 Å². The van der Waals surface area contributed by atoms with Crippen molar-refractivity contribution in [3.05, 3.63) is 29.8 Å². The molecule has 1 aliphatic heterocycles. The van der Waals surface area contributed by atoms with Gasteiger partial charge >= 0.3 is 6.09 Å². The van der Waals surface area contributed by atoms with Crippen LogP contribution in [0.25, 0.3) is 0 Å². The van der Waals surface area contributed by atoms with Gasteiger partial charge in [-0.05, 0) is 19.4 Å². The molecule has 1 atom stereocenters. The van der Waals surface area contributed by atoms with Crippen LogP contribution in [-0.2, 0) is 21.2 Å². The average molecular weight is 313 g/mol. The maximum Gasteiger partial charge on any atom is 0.414 e. The summed E-state index contributed by atoms with van der Waals surface area (Å²) >= 11 is 0. The molecule has 1 N–H and O–H groups in total. The number of carbonyl (C=O) groups is 1. The number of aliphatic hydroxyl groups is 1. The Kier molecular flexibility index (Phi) is 4.84. The molecule has 7 heteroatoms.